The number of fused-ring (bicyclic) bond motifs is 1. The van der Waals surface area contributed by atoms with Crippen molar-refractivity contribution >= 4 is 16.7 Å². The number of amides is 1. The van der Waals surface area contributed by atoms with Crippen LogP contribution >= 0.6 is 0 Å². The van der Waals surface area contributed by atoms with Gasteiger partial charge in [-0.05, 0) is 29.8 Å². The molecule has 0 saturated heterocycles. The summed E-state index contributed by atoms with van der Waals surface area (Å²) < 4.78 is 0. The summed E-state index contributed by atoms with van der Waals surface area (Å²) in [6.45, 7) is 2.06. The van der Waals surface area contributed by atoms with Crippen LogP contribution < -0.4 is 5.32 Å². The van der Waals surface area contributed by atoms with E-state index < -0.39 is 0 Å². The van der Waals surface area contributed by atoms with E-state index in [0.717, 1.165) is 5.39 Å². The van der Waals surface area contributed by atoms with Gasteiger partial charge in [-0.1, -0.05) is 29.8 Å². The molecule has 15 heavy (non-hydrogen) atoms. The Morgan fingerprint density at radius 2 is 1.80 bits per heavy atom. The molecular weight excluding hydrogens is 186 g/mol. The van der Waals surface area contributed by atoms with Gasteiger partial charge >= 0.3 is 0 Å². The number of hydrogen-bond donors (Lipinski definition) is 1. The van der Waals surface area contributed by atoms with E-state index in [2.05, 4.69) is 24.4 Å². The van der Waals surface area contributed by atoms with Crippen LogP contribution in [0.25, 0.3) is 10.8 Å². The Morgan fingerprint density at radius 1 is 1.13 bits per heavy atom. The molecule has 0 bridgehead atoms. The van der Waals surface area contributed by atoms with E-state index in [4.69, 9.17) is 0 Å². The van der Waals surface area contributed by atoms with E-state index in [1.165, 1.54) is 10.9 Å². The third kappa shape index (κ3) is 1.84. The second-order valence-electron chi connectivity index (χ2n) is 3.64. The molecule has 0 unspecified atom stereocenters. The smallest absolute Gasteiger partial charge is 0.251 e. The topological polar surface area (TPSA) is 29.1 Å². The van der Waals surface area contributed by atoms with Crippen molar-refractivity contribution in [1.82, 2.24) is 5.32 Å². The third-order valence-corrected chi connectivity index (χ3v) is 2.48. The fourth-order valence-corrected chi connectivity index (χ4v) is 1.65. The van der Waals surface area contributed by atoms with E-state index in [9.17, 15) is 4.79 Å². The van der Waals surface area contributed by atoms with Crippen LogP contribution in [0.5, 0.6) is 0 Å². The lowest BCUT2D eigenvalue weighted by molar-refractivity contribution is 0.0963. The zero-order valence-electron chi connectivity index (χ0n) is 8.87. The molecule has 2 aromatic rings. The first-order valence-corrected chi connectivity index (χ1v) is 4.93. The van der Waals surface area contributed by atoms with Gasteiger partial charge in [0.05, 0.1) is 0 Å². The predicted octanol–water partition coefficient (Wildman–Crippen LogP) is 2.75. The Hall–Kier alpha value is -1.83. The van der Waals surface area contributed by atoms with Gasteiger partial charge in [-0.2, -0.15) is 0 Å². The first kappa shape index (κ1) is 9.71. The third-order valence-electron chi connectivity index (χ3n) is 2.48. The maximum atomic E-state index is 11.4. The number of hydrogen-bond acceptors (Lipinski definition) is 1. The van der Waals surface area contributed by atoms with Crippen LogP contribution in [0.2, 0.25) is 0 Å². The number of nitrogens with one attached hydrogen (secondary N) is 1. The monoisotopic (exact) mass is 201 g/mol. The molecule has 1 amide bonds. The molecule has 2 heteroatoms. The standard InChI is InChI=1S/C13H13NO.H2/c1-9-3-4-11-8-12(13(15)14-2)6-5-10(11)7-9;/h3-8H,1-2H3,(H,14,15);1H. The number of carbonyl (C=O) groups is 1. The van der Waals surface area contributed by atoms with Gasteiger partial charge in [0, 0.05) is 14.0 Å². The highest BCUT2D eigenvalue weighted by atomic mass is 16.1. The normalized spacial score (nSPS) is 10.3. The SMILES string of the molecule is CNC(=O)c1ccc2cc(C)ccc2c1.[HH]. The fourth-order valence-electron chi connectivity index (χ4n) is 1.65. The van der Waals surface area contributed by atoms with Crippen LogP contribution in [-0.2, 0) is 0 Å². The molecule has 0 aliphatic carbocycles. The largest absolute Gasteiger partial charge is 0.355 e. The fraction of sp³-hybridized carbons (Fsp3) is 0.154. The summed E-state index contributed by atoms with van der Waals surface area (Å²) >= 11 is 0. The van der Waals surface area contributed by atoms with E-state index in [0.29, 0.717) is 5.56 Å². The van der Waals surface area contributed by atoms with Gasteiger partial charge in [0.15, 0.2) is 0 Å². The minimum atomic E-state index is -0.0440. The van der Waals surface area contributed by atoms with Crippen LogP contribution in [-0.4, -0.2) is 13.0 Å². The molecule has 0 heterocycles. The summed E-state index contributed by atoms with van der Waals surface area (Å²) in [5.41, 5.74) is 1.93. The van der Waals surface area contributed by atoms with Gasteiger partial charge in [0.2, 0.25) is 0 Å². The number of carbonyl (C=O) groups excluding carboxylic acids is 1. The van der Waals surface area contributed by atoms with Crippen LogP contribution in [0.4, 0.5) is 0 Å². The van der Waals surface area contributed by atoms with Gasteiger partial charge < -0.3 is 5.32 Å². The summed E-state index contributed by atoms with van der Waals surface area (Å²) in [6, 6.07) is 11.9. The average Bonchev–Trinajstić information content (AvgIpc) is 2.27. The van der Waals surface area contributed by atoms with Crippen LogP contribution in [0.3, 0.4) is 0 Å². The zero-order valence-corrected chi connectivity index (χ0v) is 8.87. The van der Waals surface area contributed by atoms with Crippen LogP contribution in [0, 0.1) is 6.92 Å². The second-order valence-corrected chi connectivity index (χ2v) is 3.64. The van der Waals surface area contributed by atoms with E-state index in [-0.39, 0.29) is 7.33 Å². The molecule has 2 rings (SSSR count). The van der Waals surface area contributed by atoms with Gasteiger partial charge in [-0.15, -0.1) is 0 Å². The quantitative estimate of drug-likeness (QED) is 0.755. The van der Waals surface area contributed by atoms with E-state index >= 15 is 0 Å². The average molecular weight is 201 g/mol. The molecule has 0 radical (unpaired) electrons. The highest BCUT2D eigenvalue weighted by Gasteiger charge is 2.03. The lowest BCUT2D eigenvalue weighted by Crippen LogP contribution is -2.17. The summed E-state index contributed by atoms with van der Waals surface area (Å²) in [4.78, 5) is 11.4. The molecule has 2 nitrogen and oxygen atoms in total. The van der Waals surface area contributed by atoms with Crippen molar-refractivity contribution in [2.45, 2.75) is 6.92 Å². The molecule has 1 N–H and O–H groups in total. The Balaban J connectivity index is 0.00000128. The van der Waals surface area contributed by atoms with Gasteiger partial charge in [-0.3, -0.25) is 4.79 Å². The minimum Gasteiger partial charge on any atom is -0.355 e. The molecule has 0 aliphatic heterocycles. The first-order valence-electron chi connectivity index (χ1n) is 4.93. The molecular formula is C13H15NO. The predicted molar refractivity (Wildman–Crippen MR) is 64.2 cm³/mol. The molecule has 2 aromatic carbocycles. The highest BCUT2D eigenvalue weighted by molar-refractivity contribution is 5.98. The first-order chi connectivity index (χ1) is 7.20. The molecule has 0 fully saturated rings. The molecule has 78 valence electrons. The minimum absolute atomic E-state index is 0. The lowest BCUT2D eigenvalue weighted by Gasteiger charge is -2.03. The van der Waals surface area contributed by atoms with Gasteiger partial charge in [-0.25, -0.2) is 0 Å². The van der Waals surface area contributed by atoms with Crippen LogP contribution in [0.15, 0.2) is 36.4 Å². The Kier molecular flexibility index (Phi) is 2.42. The van der Waals surface area contributed by atoms with Crippen molar-refractivity contribution in [3.8, 4) is 0 Å². The van der Waals surface area contributed by atoms with E-state index in [1.54, 1.807) is 7.05 Å². The Morgan fingerprint density at radius 3 is 2.53 bits per heavy atom. The van der Waals surface area contributed by atoms with Crippen molar-refractivity contribution in [3.63, 3.8) is 0 Å². The maximum absolute atomic E-state index is 11.4. The summed E-state index contributed by atoms with van der Waals surface area (Å²) in [6.07, 6.45) is 0. The molecule has 0 aromatic heterocycles. The second kappa shape index (κ2) is 3.73. The molecule has 0 spiro atoms. The lowest BCUT2D eigenvalue weighted by atomic mass is 10.0. The zero-order chi connectivity index (χ0) is 10.8. The Bertz CT molecular complexity index is 522. The summed E-state index contributed by atoms with van der Waals surface area (Å²) in [5, 5.41) is 4.89. The van der Waals surface area contributed by atoms with Gasteiger partial charge in [0.1, 0.15) is 0 Å². The van der Waals surface area contributed by atoms with Crippen LogP contribution in [0.1, 0.15) is 17.3 Å². The molecule has 0 aliphatic rings. The summed E-state index contributed by atoms with van der Waals surface area (Å²) in [7, 11) is 1.64. The molecule has 0 saturated carbocycles. The molecule has 0 atom stereocenters. The number of rotatable bonds is 1. The Labute approximate surface area is 90.4 Å². The maximum Gasteiger partial charge on any atom is 0.251 e. The van der Waals surface area contributed by atoms with Crippen molar-refractivity contribution in [3.05, 3.63) is 47.5 Å². The van der Waals surface area contributed by atoms with Crippen molar-refractivity contribution in [2.75, 3.05) is 7.05 Å². The van der Waals surface area contributed by atoms with Crippen molar-refractivity contribution < 1.29 is 6.22 Å². The van der Waals surface area contributed by atoms with Gasteiger partial charge in [0.25, 0.3) is 5.91 Å². The van der Waals surface area contributed by atoms with E-state index in [1.807, 2.05) is 24.3 Å². The highest BCUT2D eigenvalue weighted by Crippen LogP contribution is 2.17. The number of aryl methyl sites for hydroxylation is 1. The summed E-state index contributed by atoms with van der Waals surface area (Å²) in [5.74, 6) is -0.0440. The van der Waals surface area contributed by atoms with Crippen molar-refractivity contribution in [2.24, 2.45) is 0 Å². The van der Waals surface area contributed by atoms with Crippen molar-refractivity contribution in [1.29, 1.82) is 0 Å². The number of benzene rings is 2.